The summed E-state index contributed by atoms with van der Waals surface area (Å²) in [5, 5.41) is 3.72. The van der Waals surface area contributed by atoms with E-state index >= 15 is 0 Å². The Kier molecular flexibility index (Phi) is 5.12. The van der Waals surface area contributed by atoms with Gasteiger partial charge in [0, 0.05) is 22.5 Å². The van der Waals surface area contributed by atoms with E-state index in [1.165, 1.54) is 6.42 Å². The molecule has 19 heavy (non-hydrogen) atoms. The van der Waals surface area contributed by atoms with Crippen LogP contribution in [0.3, 0.4) is 0 Å². The summed E-state index contributed by atoms with van der Waals surface area (Å²) in [5.74, 6) is 1.17. The van der Waals surface area contributed by atoms with Crippen LogP contribution in [-0.2, 0) is 0 Å². The van der Waals surface area contributed by atoms with Gasteiger partial charge in [0.1, 0.15) is 0 Å². The molecule has 2 nitrogen and oxygen atoms in total. The Labute approximate surface area is 124 Å². The second-order valence-corrected chi connectivity index (χ2v) is 6.04. The van der Waals surface area contributed by atoms with Gasteiger partial charge in [-0.05, 0) is 49.8 Å². The summed E-state index contributed by atoms with van der Waals surface area (Å²) in [6.45, 7) is 1.93. The largest absolute Gasteiger partial charge is 0.349 e. The molecule has 1 saturated carbocycles. The molecule has 2 unspecified atom stereocenters. The van der Waals surface area contributed by atoms with Gasteiger partial charge in [-0.2, -0.15) is 0 Å². The van der Waals surface area contributed by atoms with Crippen molar-refractivity contribution in [3.63, 3.8) is 0 Å². The van der Waals surface area contributed by atoms with Crippen LogP contribution < -0.4 is 5.32 Å². The molecule has 1 aromatic rings. The van der Waals surface area contributed by atoms with E-state index in [0.717, 1.165) is 24.8 Å². The quantitative estimate of drug-likeness (QED) is 0.834. The monoisotopic (exact) mass is 299 g/mol. The van der Waals surface area contributed by atoms with Gasteiger partial charge in [-0.25, -0.2) is 0 Å². The van der Waals surface area contributed by atoms with Gasteiger partial charge in [-0.3, -0.25) is 4.79 Å². The SMILES string of the molecule is Cc1ccc(C(=O)NC2CCCC(CCl)C2)cc1Cl. The number of hydrogen-bond acceptors (Lipinski definition) is 1. The third-order valence-corrected chi connectivity index (χ3v) is 4.61. The molecule has 0 aromatic heterocycles. The number of amides is 1. The fourth-order valence-corrected chi connectivity index (χ4v) is 3.03. The highest BCUT2D eigenvalue weighted by molar-refractivity contribution is 6.31. The maximum absolute atomic E-state index is 12.2. The van der Waals surface area contributed by atoms with Gasteiger partial charge in [0.05, 0.1) is 0 Å². The number of halogens is 2. The van der Waals surface area contributed by atoms with E-state index in [1.807, 2.05) is 19.1 Å². The standard InChI is InChI=1S/C15H19Cl2NO/c1-10-5-6-12(8-14(10)17)15(19)18-13-4-2-3-11(7-13)9-16/h5-6,8,11,13H,2-4,7,9H2,1H3,(H,18,19). The average Bonchev–Trinajstić information content (AvgIpc) is 2.42. The van der Waals surface area contributed by atoms with Gasteiger partial charge >= 0.3 is 0 Å². The highest BCUT2D eigenvalue weighted by atomic mass is 35.5. The summed E-state index contributed by atoms with van der Waals surface area (Å²) in [4.78, 5) is 12.2. The lowest BCUT2D eigenvalue weighted by Crippen LogP contribution is -2.38. The molecule has 0 radical (unpaired) electrons. The lowest BCUT2D eigenvalue weighted by atomic mass is 9.87. The van der Waals surface area contributed by atoms with Gasteiger partial charge in [-0.1, -0.05) is 24.1 Å². The molecule has 0 heterocycles. The zero-order chi connectivity index (χ0) is 13.8. The molecule has 1 aromatic carbocycles. The minimum atomic E-state index is -0.0397. The Bertz CT molecular complexity index is 461. The van der Waals surface area contributed by atoms with Crippen LogP contribution in [0.4, 0.5) is 0 Å². The zero-order valence-corrected chi connectivity index (χ0v) is 12.6. The third kappa shape index (κ3) is 3.87. The summed E-state index contributed by atoms with van der Waals surface area (Å²) in [6.07, 6.45) is 4.33. The van der Waals surface area contributed by atoms with Crippen molar-refractivity contribution < 1.29 is 4.79 Å². The molecule has 4 heteroatoms. The molecule has 1 N–H and O–H groups in total. The van der Waals surface area contributed by atoms with Crippen molar-refractivity contribution in [2.75, 3.05) is 5.88 Å². The van der Waals surface area contributed by atoms with Crippen LogP contribution in [0, 0.1) is 12.8 Å². The van der Waals surface area contributed by atoms with Crippen LogP contribution in [0.1, 0.15) is 41.6 Å². The molecule has 2 rings (SSSR count). The predicted octanol–water partition coefficient (Wildman–Crippen LogP) is 4.18. The van der Waals surface area contributed by atoms with Crippen LogP contribution >= 0.6 is 23.2 Å². The average molecular weight is 300 g/mol. The van der Waals surface area contributed by atoms with Crippen LogP contribution in [0.2, 0.25) is 5.02 Å². The molecule has 0 spiro atoms. The van der Waals surface area contributed by atoms with Crippen molar-refractivity contribution in [1.82, 2.24) is 5.32 Å². The molecule has 0 aliphatic heterocycles. The maximum Gasteiger partial charge on any atom is 0.251 e. The first-order valence-corrected chi connectivity index (χ1v) is 7.64. The van der Waals surface area contributed by atoms with E-state index in [1.54, 1.807) is 6.07 Å². The van der Waals surface area contributed by atoms with E-state index in [9.17, 15) is 4.79 Å². The minimum absolute atomic E-state index is 0.0397. The number of rotatable bonds is 3. The van der Waals surface area contributed by atoms with E-state index in [4.69, 9.17) is 23.2 Å². The number of alkyl halides is 1. The zero-order valence-electron chi connectivity index (χ0n) is 11.1. The number of carbonyl (C=O) groups excluding carboxylic acids is 1. The lowest BCUT2D eigenvalue weighted by molar-refractivity contribution is 0.0921. The molecule has 0 bridgehead atoms. The second kappa shape index (κ2) is 6.62. The lowest BCUT2D eigenvalue weighted by Gasteiger charge is -2.28. The molecular weight excluding hydrogens is 281 g/mol. The maximum atomic E-state index is 12.2. The minimum Gasteiger partial charge on any atom is -0.349 e. The third-order valence-electron chi connectivity index (χ3n) is 3.77. The number of benzene rings is 1. The van der Waals surface area contributed by atoms with Crippen LogP contribution in [0.15, 0.2) is 18.2 Å². The molecule has 1 aliphatic rings. The molecule has 0 saturated heterocycles. The normalized spacial score (nSPS) is 23.1. The number of nitrogens with one attached hydrogen (secondary N) is 1. The summed E-state index contributed by atoms with van der Waals surface area (Å²) in [6, 6.07) is 5.66. The van der Waals surface area contributed by atoms with Crippen molar-refractivity contribution in [2.24, 2.45) is 5.92 Å². The topological polar surface area (TPSA) is 29.1 Å². The Hall–Kier alpha value is -0.730. The van der Waals surface area contributed by atoms with Crippen LogP contribution in [-0.4, -0.2) is 17.8 Å². The Balaban J connectivity index is 1.98. The summed E-state index contributed by atoms with van der Waals surface area (Å²) < 4.78 is 0. The highest BCUT2D eigenvalue weighted by Gasteiger charge is 2.23. The molecule has 1 fully saturated rings. The van der Waals surface area contributed by atoms with E-state index < -0.39 is 0 Å². The fraction of sp³-hybridized carbons (Fsp3) is 0.533. The summed E-state index contributed by atoms with van der Waals surface area (Å²) in [7, 11) is 0. The highest BCUT2D eigenvalue weighted by Crippen LogP contribution is 2.25. The van der Waals surface area contributed by atoms with Crippen LogP contribution in [0.25, 0.3) is 0 Å². The molecule has 2 atom stereocenters. The van der Waals surface area contributed by atoms with Gasteiger partial charge in [0.15, 0.2) is 0 Å². The number of hydrogen-bond donors (Lipinski definition) is 1. The number of carbonyl (C=O) groups is 1. The molecule has 1 aliphatic carbocycles. The molecular formula is C15H19Cl2NO. The first kappa shape index (κ1) is 14.7. The second-order valence-electron chi connectivity index (χ2n) is 5.32. The first-order chi connectivity index (χ1) is 9.10. The van der Waals surface area contributed by atoms with Crippen molar-refractivity contribution in [1.29, 1.82) is 0 Å². The number of aryl methyl sites for hydroxylation is 1. The van der Waals surface area contributed by atoms with Gasteiger partial charge in [0.25, 0.3) is 5.91 Å². The van der Waals surface area contributed by atoms with Crippen molar-refractivity contribution in [3.8, 4) is 0 Å². The van der Waals surface area contributed by atoms with E-state index in [0.29, 0.717) is 22.4 Å². The summed E-state index contributed by atoms with van der Waals surface area (Å²) >= 11 is 12.0. The van der Waals surface area contributed by atoms with Gasteiger partial charge < -0.3 is 5.32 Å². The van der Waals surface area contributed by atoms with Crippen LogP contribution in [0.5, 0.6) is 0 Å². The van der Waals surface area contributed by atoms with E-state index in [2.05, 4.69) is 5.32 Å². The predicted molar refractivity (Wildman–Crippen MR) is 80.1 cm³/mol. The Morgan fingerprint density at radius 3 is 2.89 bits per heavy atom. The van der Waals surface area contributed by atoms with Crippen molar-refractivity contribution in [3.05, 3.63) is 34.3 Å². The smallest absolute Gasteiger partial charge is 0.251 e. The van der Waals surface area contributed by atoms with Crippen molar-refractivity contribution >= 4 is 29.1 Å². The first-order valence-electron chi connectivity index (χ1n) is 6.73. The molecule has 1 amide bonds. The fourth-order valence-electron chi connectivity index (χ4n) is 2.57. The van der Waals surface area contributed by atoms with Gasteiger partial charge in [-0.15, -0.1) is 11.6 Å². The Morgan fingerprint density at radius 2 is 2.21 bits per heavy atom. The summed E-state index contributed by atoms with van der Waals surface area (Å²) in [5.41, 5.74) is 1.61. The Morgan fingerprint density at radius 1 is 1.42 bits per heavy atom. The van der Waals surface area contributed by atoms with E-state index in [-0.39, 0.29) is 11.9 Å². The van der Waals surface area contributed by atoms with Gasteiger partial charge in [0.2, 0.25) is 0 Å². The van der Waals surface area contributed by atoms with Crippen molar-refractivity contribution in [2.45, 2.75) is 38.6 Å². The molecule has 104 valence electrons.